The predicted octanol–water partition coefficient (Wildman–Crippen LogP) is 1.82. The molecule has 0 atom stereocenters. The van der Waals surface area contributed by atoms with E-state index in [9.17, 15) is 26.4 Å². The molecule has 1 N–H and O–H groups in total. The lowest BCUT2D eigenvalue weighted by atomic mass is 10.2. The number of carbonyl (C=O) groups is 1. The van der Waals surface area contributed by atoms with Gasteiger partial charge in [0.25, 0.3) is 0 Å². The molecule has 1 heterocycles. The predicted molar refractivity (Wildman–Crippen MR) is 56.7 cm³/mol. The van der Waals surface area contributed by atoms with E-state index in [0.717, 1.165) is 12.1 Å². The van der Waals surface area contributed by atoms with Crippen LogP contribution in [0.3, 0.4) is 0 Å². The third kappa shape index (κ3) is 2.20. The standard InChI is InChI=1S/C10H8F3NO3S/c11-10(12,13)6-2-1-3-7-9(6)18(16,17)5-4-8(15)14-7/h1-3H,4-5H2,(H,14,15). The summed E-state index contributed by atoms with van der Waals surface area (Å²) in [6.07, 6.45) is -5.14. The number of alkyl halides is 3. The van der Waals surface area contributed by atoms with Crippen molar-refractivity contribution in [2.45, 2.75) is 17.5 Å². The minimum Gasteiger partial charge on any atom is -0.325 e. The van der Waals surface area contributed by atoms with Gasteiger partial charge in [0.15, 0.2) is 9.84 Å². The fraction of sp³-hybridized carbons (Fsp3) is 0.300. The van der Waals surface area contributed by atoms with Gasteiger partial charge in [0.2, 0.25) is 5.91 Å². The summed E-state index contributed by atoms with van der Waals surface area (Å²) in [5.41, 5.74) is -1.56. The zero-order valence-corrected chi connectivity index (χ0v) is 9.73. The highest BCUT2D eigenvalue weighted by Crippen LogP contribution is 2.39. The molecule has 0 bridgehead atoms. The summed E-state index contributed by atoms with van der Waals surface area (Å²) in [6, 6.07) is 2.89. The molecule has 1 aromatic rings. The maximum atomic E-state index is 12.8. The van der Waals surface area contributed by atoms with E-state index in [-0.39, 0.29) is 12.1 Å². The van der Waals surface area contributed by atoms with Crippen LogP contribution in [0.2, 0.25) is 0 Å². The highest BCUT2D eigenvalue weighted by molar-refractivity contribution is 7.91. The van der Waals surface area contributed by atoms with Gasteiger partial charge >= 0.3 is 6.18 Å². The number of carbonyl (C=O) groups excluding carboxylic acids is 1. The minimum atomic E-state index is -4.78. The summed E-state index contributed by atoms with van der Waals surface area (Å²) in [7, 11) is -4.13. The average molecular weight is 279 g/mol. The van der Waals surface area contributed by atoms with Gasteiger partial charge in [-0.25, -0.2) is 8.42 Å². The number of nitrogens with one attached hydrogen (secondary N) is 1. The molecule has 0 aromatic heterocycles. The Kier molecular flexibility index (Phi) is 2.84. The van der Waals surface area contributed by atoms with Gasteiger partial charge in [-0.15, -0.1) is 0 Å². The topological polar surface area (TPSA) is 63.2 Å². The number of anilines is 1. The largest absolute Gasteiger partial charge is 0.417 e. The van der Waals surface area contributed by atoms with Crippen LogP contribution >= 0.6 is 0 Å². The van der Waals surface area contributed by atoms with Crippen molar-refractivity contribution in [2.24, 2.45) is 0 Å². The summed E-state index contributed by atoms with van der Waals surface area (Å²) >= 11 is 0. The molecule has 0 saturated carbocycles. The highest BCUT2D eigenvalue weighted by atomic mass is 32.2. The van der Waals surface area contributed by atoms with Gasteiger partial charge in [-0.1, -0.05) is 6.07 Å². The van der Waals surface area contributed by atoms with Crippen LogP contribution < -0.4 is 5.32 Å². The van der Waals surface area contributed by atoms with Gasteiger partial charge in [-0.2, -0.15) is 13.2 Å². The first kappa shape index (κ1) is 12.9. The third-order valence-electron chi connectivity index (χ3n) is 2.50. The Balaban J connectivity index is 2.77. The van der Waals surface area contributed by atoms with E-state index < -0.39 is 38.1 Å². The molecule has 1 aliphatic rings. The summed E-state index contributed by atoms with van der Waals surface area (Å²) < 4.78 is 61.9. The maximum absolute atomic E-state index is 12.8. The monoisotopic (exact) mass is 279 g/mol. The first-order chi connectivity index (χ1) is 8.22. The Bertz CT molecular complexity index is 607. The Labute approximate surface area is 101 Å². The minimum absolute atomic E-state index is 0.313. The molecule has 0 aliphatic carbocycles. The molecular formula is C10H8F3NO3S. The Morgan fingerprint density at radius 2 is 1.89 bits per heavy atom. The quantitative estimate of drug-likeness (QED) is 0.788. The van der Waals surface area contributed by atoms with Crippen LogP contribution in [0, 0.1) is 0 Å². The molecule has 1 amide bonds. The number of halogens is 3. The SMILES string of the molecule is O=C1CCS(=O)(=O)c2c(cccc2C(F)(F)F)N1. The highest BCUT2D eigenvalue weighted by Gasteiger charge is 2.39. The lowest BCUT2D eigenvalue weighted by Gasteiger charge is -2.14. The van der Waals surface area contributed by atoms with Crippen LogP contribution in [-0.2, 0) is 20.8 Å². The molecule has 8 heteroatoms. The molecule has 1 aromatic carbocycles. The molecule has 0 unspecified atom stereocenters. The first-order valence-corrected chi connectivity index (χ1v) is 6.60. The number of sulfone groups is 1. The van der Waals surface area contributed by atoms with E-state index in [1.54, 1.807) is 0 Å². The zero-order chi connectivity index (χ0) is 13.6. The van der Waals surface area contributed by atoms with E-state index >= 15 is 0 Å². The number of amides is 1. The van der Waals surface area contributed by atoms with E-state index in [1.165, 1.54) is 0 Å². The Morgan fingerprint density at radius 3 is 2.50 bits per heavy atom. The summed E-state index contributed by atoms with van der Waals surface area (Å²) in [4.78, 5) is 10.4. The molecule has 0 radical (unpaired) electrons. The zero-order valence-electron chi connectivity index (χ0n) is 8.91. The van der Waals surface area contributed by atoms with Crippen LogP contribution in [0.15, 0.2) is 23.1 Å². The van der Waals surface area contributed by atoms with E-state index in [4.69, 9.17) is 0 Å². The van der Waals surface area contributed by atoms with Crippen LogP contribution in [-0.4, -0.2) is 20.1 Å². The normalized spacial score (nSPS) is 18.7. The van der Waals surface area contributed by atoms with Gasteiger partial charge in [0.05, 0.1) is 17.0 Å². The fourth-order valence-corrected chi connectivity index (χ4v) is 3.37. The molecule has 0 fully saturated rings. The molecule has 0 spiro atoms. The summed E-state index contributed by atoms with van der Waals surface area (Å²) in [5.74, 6) is -1.24. The van der Waals surface area contributed by atoms with Gasteiger partial charge in [0, 0.05) is 6.42 Å². The van der Waals surface area contributed by atoms with Crippen LogP contribution in [0.5, 0.6) is 0 Å². The second-order valence-corrected chi connectivity index (χ2v) is 5.84. The van der Waals surface area contributed by atoms with Gasteiger partial charge in [0.1, 0.15) is 4.90 Å². The van der Waals surface area contributed by atoms with Crippen LogP contribution in [0.25, 0.3) is 0 Å². The molecular weight excluding hydrogens is 271 g/mol. The van der Waals surface area contributed by atoms with Crippen molar-refractivity contribution in [3.05, 3.63) is 23.8 Å². The van der Waals surface area contributed by atoms with Crippen molar-refractivity contribution in [3.8, 4) is 0 Å². The third-order valence-corrected chi connectivity index (χ3v) is 4.31. The fourth-order valence-electron chi connectivity index (χ4n) is 1.74. The summed E-state index contributed by atoms with van der Waals surface area (Å²) in [5, 5.41) is 2.17. The Hall–Kier alpha value is -1.57. The second-order valence-electron chi connectivity index (χ2n) is 3.80. The number of fused-ring (bicyclic) bond motifs is 1. The van der Waals surface area contributed by atoms with Crippen molar-refractivity contribution in [1.82, 2.24) is 0 Å². The van der Waals surface area contributed by atoms with Crippen molar-refractivity contribution in [3.63, 3.8) is 0 Å². The number of benzene rings is 1. The van der Waals surface area contributed by atoms with Crippen LogP contribution in [0.1, 0.15) is 12.0 Å². The van der Waals surface area contributed by atoms with Crippen molar-refractivity contribution in [2.75, 3.05) is 11.1 Å². The van der Waals surface area contributed by atoms with Gasteiger partial charge in [-0.3, -0.25) is 4.79 Å². The smallest absolute Gasteiger partial charge is 0.325 e. The van der Waals surface area contributed by atoms with Crippen molar-refractivity contribution >= 4 is 21.4 Å². The molecule has 0 saturated heterocycles. The maximum Gasteiger partial charge on any atom is 0.417 e. The number of rotatable bonds is 0. The average Bonchev–Trinajstić information content (AvgIpc) is 2.35. The van der Waals surface area contributed by atoms with Gasteiger partial charge in [-0.05, 0) is 12.1 Å². The first-order valence-electron chi connectivity index (χ1n) is 4.94. The molecule has 4 nitrogen and oxygen atoms in total. The summed E-state index contributed by atoms with van der Waals surface area (Å²) in [6.45, 7) is 0. The lowest BCUT2D eigenvalue weighted by Crippen LogP contribution is -2.15. The van der Waals surface area contributed by atoms with Crippen molar-refractivity contribution in [1.29, 1.82) is 0 Å². The van der Waals surface area contributed by atoms with Crippen molar-refractivity contribution < 1.29 is 26.4 Å². The van der Waals surface area contributed by atoms with E-state index in [0.29, 0.717) is 6.07 Å². The van der Waals surface area contributed by atoms with E-state index in [2.05, 4.69) is 5.32 Å². The van der Waals surface area contributed by atoms with E-state index in [1.807, 2.05) is 0 Å². The molecule has 98 valence electrons. The molecule has 18 heavy (non-hydrogen) atoms. The second kappa shape index (κ2) is 3.98. The van der Waals surface area contributed by atoms with Crippen LogP contribution in [0.4, 0.5) is 18.9 Å². The lowest BCUT2D eigenvalue weighted by molar-refractivity contribution is -0.139. The Morgan fingerprint density at radius 1 is 1.22 bits per heavy atom. The molecule has 1 aliphatic heterocycles. The number of hydrogen-bond donors (Lipinski definition) is 1. The number of hydrogen-bond acceptors (Lipinski definition) is 3. The van der Waals surface area contributed by atoms with Gasteiger partial charge < -0.3 is 5.32 Å². The molecule has 2 rings (SSSR count).